The summed E-state index contributed by atoms with van der Waals surface area (Å²) < 4.78 is 10.5. The van der Waals surface area contributed by atoms with Crippen molar-refractivity contribution in [2.45, 2.75) is 32.8 Å². The number of rotatable bonds is 6. The van der Waals surface area contributed by atoms with E-state index < -0.39 is 5.97 Å². The zero-order valence-electron chi connectivity index (χ0n) is 12.9. The van der Waals surface area contributed by atoms with Crippen LogP contribution in [0.2, 0.25) is 0 Å². The van der Waals surface area contributed by atoms with E-state index in [1.54, 1.807) is 13.8 Å². The molecule has 2 rings (SSSR count). The Kier molecular flexibility index (Phi) is 5.83. The molecule has 0 aromatic carbocycles. The van der Waals surface area contributed by atoms with Crippen LogP contribution in [0.4, 0.5) is 0 Å². The van der Waals surface area contributed by atoms with Gasteiger partial charge >= 0.3 is 5.97 Å². The van der Waals surface area contributed by atoms with Crippen molar-refractivity contribution in [2.75, 3.05) is 26.3 Å². The lowest BCUT2D eigenvalue weighted by atomic mass is 10.2. The highest BCUT2D eigenvalue weighted by Crippen LogP contribution is 2.14. The largest absolute Gasteiger partial charge is 0.465 e. The normalized spacial score (nSPS) is 17.3. The van der Waals surface area contributed by atoms with Gasteiger partial charge in [0.15, 0.2) is 0 Å². The predicted octanol–water partition coefficient (Wildman–Crippen LogP) is 0.969. The van der Waals surface area contributed by atoms with Gasteiger partial charge in [0.2, 0.25) is 0 Å². The molecule has 22 heavy (non-hydrogen) atoms. The number of carbonyl (C=O) groups excluding carboxylic acids is 2. The molecule has 0 spiro atoms. The lowest BCUT2D eigenvalue weighted by molar-refractivity contribution is -0.144. The van der Waals surface area contributed by atoms with Crippen molar-refractivity contribution in [3.05, 3.63) is 23.8 Å². The summed E-state index contributed by atoms with van der Waals surface area (Å²) in [6.07, 6.45) is 4.76. The number of hydrogen-bond acceptors (Lipinski definition) is 6. The van der Waals surface area contributed by atoms with E-state index in [-0.39, 0.29) is 30.9 Å². The maximum atomic E-state index is 12.5. The molecule has 1 fully saturated rings. The minimum absolute atomic E-state index is 0.0446. The van der Waals surface area contributed by atoms with Crippen molar-refractivity contribution in [1.82, 2.24) is 14.9 Å². The van der Waals surface area contributed by atoms with Gasteiger partial charge in [-0.25, -0.2) is 4.98 Å². The Morgan fingerprint density at radius 1 is 1.41 bits per heavy atom. The number of esters is 1. The fraction of sp³-hybridized carbons (Fsp3) is 0.600. The van der Waals surface area contributed by atoms with E-state index in [0.29, 0.717) is 13.2 Å². The van der Waals surface area contributed by atoms with E-state index in [2.05, 4.69) is 9.97 Å². The number of aromatic nitrogens is 2. The van der Waals surface area contributed by atoms with Crippen molar-refractivity contribution in [2.24, 2.45) is 0 Å². The summed E-state index contributed by atoms with van der Waals surface area (Å²) in [7, 11) is 0. The summed E-state index contributed by atoms with van der Waals surface area (Å²) in [6.45, 7) is 4.75. The molecule has 0 N–H and O–H groups in total. The monoisotopic (exact) mass is 307 g/mol. The van der Waals surface area contributed by atoms with E-state index >= 15 is 0 Å². The molecule has 1 atom stereocenters. The van der Waals surface area contributed by atoms with Crippen LogP contribution in [0.5, 0.6) is 0 Å². The molecule has 0 aliphatic carbocycles. The maximum Gasteiger partial charge on any atom is 0.325 e. The van der Waals surface area contributed by atoms with Crippen LogP contribution >= 0.6 is 0 Å². The summed E-state index contributed by atoms with van der Waals surface area (Å²) in [5.41, 5.74) is 0.945. The Bertz CT molecular complexity index is 512. The van der Waals surface area contributed by atoms with Crippen LogP contribution in [-0.2, 0) is 14.3 Å². The summed E-state index contributed by atoms with van der Waals surface area (Å²) in [6, 6.07) is 0. The highest BCUT2D eigenvalue weighted by Gasteiger charge is 2.26. The van der Waals surface area contributed by atoms with Gasteiger partial charge in [0.1, 0.15) is 12.2 Å². The van der Waals surface area contributed by atoms with Gasteiger partial charge in [-0.15, -0.1) is 0 Å². The molecular weight excluding hydrogens is 286 g/mol. The lowest BCUT2D eigenvalue weighted by Crippen LogP contribution is -2.41. The van der Waals surface area contributed by atoms with Crippen molar-refractivity contribution in [3.63, 3.8) is 0 Å². The van der Waals surface area contributed by atoms with Crippen LogP contribution in [0.1, 0.15) is 35.9 Å². The fourth-order valence-electron chi connectivity index (χ4n) is 2.28. The SMILES string of the molecule is CCOC(=O)CN(C[C@H]1CCCO1)C(=O)c1cnc(C)cn1. The molecule has 120 valence electrons. The van der Waals surface area contributed by atoms with Crippen molar-refractivity contribution < 1.29 is 19.1 Å². The van der Waals surface area contributed by atoms with E-state index in [4.69, 9.17) is 9.47 Å². The molecule has 1 aromatic rings. The molecule has 7 heteroatoms. The van der Waals surface area contributed by atoms with Crippen molar-refractivity contribution in [3.8, 4) is 0 Å². The number of aryl methyl sites for hydroxylation is 1. The van der Waals surface area contributed by atoms with Crippen LogP contribution in [0.15, 0.2) is 12.4 Å². The Balaban J connectivity index is 2.08. The first-order valence-corrected chi connectivity index (χ1v) is 7.45. The van der Waals surface area contributed by atoms with Crippen LogP contribution < -0.4 is 0 Å². The second-order valence-electron chi connectivity index (χ2n) is 5.17. The standard InChI is InChI=1S/C15H21N3O4/c1-3-21-14(19)10-18(9-12-5-4-6-22-12)15(20)13-8-16-11(2)7-17-13/h7-8,12H,3-6,9-10H2,1-2H3/t12-/m1/s1. The summed E-state index contributed by atoms with van der Waals surface area (Å²) in [5.74, 6) is -0.773. The van der Waals surface area contributed by atoms with Gasteiger partial charge in [0.05, 0.1) is 24.6 Å². The highest BCUT2D eigenvalue weighted by molar-refractivity contribution is 5.94. The average Bonchev–Trinajstić information content (AvgIpc) is 3.00. The van der Waals surface area contributed by atoms with Crippen LogP contribution in [0.25, 0.3) is 0 Å². The average molecular weight is 307 g/mol. The predicted molar refractivity (Wildman–Crippen MR) is 78.3 cm³/mol. The number of nitrogens with zero attached hydrogens (tertiary/aromatic N) is 3. The molecule has 1 saturated heterocycles. The second kappa shape index (κ2) is 7.84. The lowest BCUT2D eigenvalue weighted by Gasteiger charge is -2.24. The van der Waals surface area contributed by atoms with E-state index in [0.717, 1.165) is 18.5 Å². The first-order chi connectivity index (χ1) is 10.6. The first-order valence-electron chi connectivity index (χ1n) is 7.45. The number of amides is 1. The van der Waals surface area contributed by atoms with Gasteiger partial charge in [0, 0.05) is 19.3 Å². The molecule has 0 unspecified atom stereocenters. The fourth-order valence-corrected chi connectivity index (χ4v) is 2.28. The molecule has 1 aliphatic rings. The molecule has 0 saturated carbocycles. The third kappa shape index (κ3) is 4.49. The maximum absolute atomic E-state index is 12.5. The minimum Gasteiger partial charge on any atom is -0.465 e. The topological polar surface area (TPSA) is 81.6 Å². The van der Waals surface area contributed by atoms with E-state index in [1.807, 2.05) is 0 Å². The van der Waals surface area contributed by atoms with Crippen molar-refractivity contribution in [1.29, 1.82) is 0 Å². The Hall–Kier alpha value is -2.02. The zero-order chi connectivity index (χ0) is 15.9. The molecule has 2 heterocycles. The number of hydrogen-bond donors (Lipinski definition) is 0. The number of carbonyl (C=O) groups is 2. The highest BCUT2D eigenvalue weighted by atomic mass is 16.5. The molecule has 0 radical (unpaired) electrons. The van der Waals surface area contributed by atoms with Gasteiger partial charge in [0.25, 0.3) is 5.91 Å². The zero-order valence-corrected chi connectivity index (χ0v) is 12.9. The Morgan fingerprint density at radius 2 is 2.23 bits per heavy atom. The molecule has 0 bridgehead atoms. The smallest absolute Gasteiger partial charge is 0.325 e. The van der Waals surface area contributed by atoms with Gasteiger partial charge in [-0.1, -0.05) is 0 Å². The van der Waals surface area contributed by atoms with Crippen molar-refractivity contribution >= 4 is 11.9 Å². The molecule has 7 nitrogen and oxygen atoms in total. The Morgan fingerprint density at radius 3 is 2.82 bits per heavy atom. The molecule has 1 amide bonds. The Labute approximate surface area is 129 Å². The molecular formula is C15H21N3O4. The third-order valence-corrected chi connectivity index (χ3v) is 3.36. The van der Waals surface area contributed by atoms with Crippen LogP contribution in [0.3, 0.4) is 0 Å². The minimum atomic E-state index is -0.436. The quantitative estimate of drug-likeness (QED) is 0.728. The van der Waals surface area contributed by atoms with Crippen LogP contribution in [0, 0.1) is 6.92 Å². The van der Waals surface area contributed by atoms with E-state index in [1.165, 1.54) is 17.3 Å². The summed E-state index contributed by atoms with van der Waals surface area (Å²) in [4.78, 5) is 33.8. The molecule has 1 aliphatic heterocycles. The third-order valence-electron chi connectivity index (χ3n) is 3.36. The summed E-state index contributed by atoms with van der Waals surface area (Å²) in [5, 5.41) is 0. The first kappa shape index (κ1) is 16.4. The number of ether oxygens (including phenoxy) is 2. The van der Waals surface area contributed by atoms with Gasteiger partial charge in [-0.3, -0.25) is 14.6 Å². The molecule has 1 aromatic heterocycles. The van der Waals surface area contributed by atoms with Gasteiger partial charge < -0.3 is 14.4 Å². The van der Waals surface area contributed by atoms with Gasteiger partial charge in [-0.2, -0.15) is 0 Å². The van der Waals surface area contributed by atoms with E-state index in [9.17, 15) is 9.59 Å². The van der Waals surface area contributed by atoms with Gasteiger partial charge in [-0.05, 0) is 26.7 Å². The van der Waals surface area contributed by atoms with Crippen LogP contribution in [-0.4, -0.2) is 59.2 Å². The summed E-state index contributed by atoms with van der Waals surface area (Å²) >= 11 is 0. The second-order valence-corrected chi connectivity index (χ2v) is 5.17.